The number of hydrogen-bond acceptors (Lipinski definition) is 15. The summed E-state index contributed by atoms with van der Waals surface area (Å²) in [4.78, 5) is 15.4. The lowest BCUT2D eigenvalue weighted by molar-refractivity contribution is -0.0285. The molecule has 1 amide bonds. The van der Waals surface area contributed by atoms with Crippen molar-refractivity contribution in [3.05, 3.63) is 0 Å². The van der Waals surface area contributed by atoms with Gasteiger partial charge in [-0.2, -0.15) is 0 Å². The van der Waals surface area contributed by atoms with Gasteiger partial charge in [0.05, 0.1) is 159 Å². The summed E-state index contributed by atoms with van der Waals surface area (Å²) in [6.07, 6.45) is -0.364. The van der Waals surface area contributed by atoms with Crippen LogP contribution in [0.4, 0.5) is 4.79 Å². The fourth-order valence-electron chi connectivity index (χ4n) is 3.40. The number of amides is 1. The Balaban J connectivity index is 3.13. The molecule has 0 aromatic rings. The second-order valence-electron chi connectivity index (χ2n) is 12.1. The topological polar surface area (TPSA) is 144 Å². The second kappa shape index (κ2) is 37.5. The Morgan fingerprint density at radius 3 is 0.760 bits per heavy atom. The highest BCUT2D eigenvalue weighted by atomic mass is 16.6. The van der Waals surface area contributed by atoms with Gasteiger partial charge in [0.25, 0.3) is 0 Å². The van der Waals surface area contributed by atoms with Crippen LogP contribution in [0.3, 0.4) is 0 Å². The standard InChI is InChI=1S/C34H70N2O14/c1-34(2,3)50-33(37)36(6)8-10-39-12-14-41-16-18-43-20-22-45-24-26-47-28-30-49-32-31-48-29-27-46-25-23-44-21-19-42-17-15-40-13-11-38-9-7-35(4)5/h7-32H2,1-6H3. The van der Waals surface area contributed by atoms with Gasteiger partial charge in [-0.1, -0.05) is 0 Å². The summed E-state index contributed by atoms with van der Waals surface area (Å²) in [5.41, 5.74) is -0.511. The Hall–Kier alpha value is -1.25. The quantitative estimate of drug-likeness (QED) is 0.0845. The van der Waals surface area contributed by atoms with Gasteiger partial charge in [0.1, 0.15) is 5.60 Å². The molecule has 0 aromatic carbocycles. The molecule has 300 valence electrons. The SMILES string of the molecule is CN(C)CCOCCOCCOCCOCCOCCOCCOCCOCCOCCOCCOCCOCCN(C)C(=O)OC(C)(C)C. The van der Waals surface area contributed by atoms with Crippen molar-refractivity contribution in [2.75, 3.05) is 193 Å². The summed E-state index contributed by atoms with van der Waals surface area (Å²) < 4.78 is 71.0. The first-order valence-corrected chi connectivity index (χ1v) is 17.7. The van der Waals surface area contributed by atoms with Gasteiger partial charge >= 0.3 is 6.09 Å². The lowest BCUT2D eigenvalue weighted by Crippen LogP contribution is -2.36. The highest BCUT2D eigenvalue weighted by Gasteiger charge is 2.19. The van der Waals surface area contributed by atoms with Gasteiger partial charge in [-0.25, -0.2) is 4.79 Å². The summed E-state index contributed by atoms with van der Waals surface area (Å²) in [5, 5.41) is 0. The number of rotatable bonds is 39. The first kappa shape index (κ1) is 48.8. The summed E-state index contributed by atoms with van der Waals surface area (Å²) in [6, 6.07) is 0. The van der Waals surface area contributed by atoms with E-state index in [-0.39, 0.29) is 6.09 Å². The van der Waals surface area contributed by atoms with Crippen LogP contribution >= 0.6 is 0 Å². The summed E-state index contributed by atoms with van der Waals surface area (Å²) in [6.45, 7) is 19.2. The van der Waals surface area contributed by atoms with Gasteiger partial charge in [0, 0.05) is 20.1 Å². The van der Waals surface area contributed by atoms with Crippen molar-refractivity contribution in [1.82, 2.24) is 9.80 Å². The largest absolute Gasteiger partial charge is 0.444 e. The average molecular weight is 731 g/mol. The molecular weight excluding hydrogens is 660 g/mol. The molecule has 0 unspecified atom stereocenters. The second-order valence-corrected chi connectivity index (χ2v) is 12.1. The van der Waals surface area contributed by atoms with E-state index in [4.69, 9.17) is 61.6 Å². The van der Waals surface area contributed by atoms with Crippen LogP contribution < -0.4 is 0 Å². The fourth-order valence-corrected chi connectivity index (χ4v) is 3.40. The molecule has 0 heterocycles. The molecule has 0 saturated heterocycles. The van der Waals surface area contributed by atoms with Crippen molar-refractivity contribution in [3.63, 3.8) is 0 Å². The molecular formula is C34H70N2O14. The zero-order valence-corrected chi connectivity index (χ0v) is 32.0. The lowest BCUT2D eigenvalue weighted by Gasteiger charge is -2.24. The molecule has 0 atom stereocenters. The van der Waals surface area contributed by atoms with Crippen molar-refractivity contribution >= 4 is 6.09 Å². The Morgan fingerprint density at radius 2 is 0.560 bits per heavy atom. The van der Waals surface area contributed by atoms with Crippen LogP contribution in [-0.2, 0) is 61.6 Å². The molecule has 0 rings (SSSR count). The normalized spacial score (nSPS) is 11.9. The van der Waals surface area contributed by atoms with Crippen molar-refractivity contribution in [1.29, 1.82) is 0 Å². The molecule has 0 aromatic heterocycles. The first-order valence-electron chi connectivity index (χ1n) is 17.7. The predicted molar refractivity (Wildman–Crippen MR) is 187 cm³/mol. The molecule has 0 aliphatic rings. The Labute approximate surface area is 301 Å². The molecule has 50 heavy (non-hydrogen) atoms. The minimum Gasteiger partial charge on any atom is -0.444 e. The fraction of sp³-hybridized carbons (Fsp3) is 0.971. The van der Waals surface area contributed by atoms with E-state index in [1.807, 2.05) is 34.9 Å². The number of hydrogen-bond donors (Lipinski definition) is 0. The maximum absolute atomic E-state index is 11.9. The zero-order chi connectivity index (χ0) is 36.8. The third-order valence-corrected chi connectivity index (χ3v) is 6.05. The average Bonchev–Trinajstić information content (AvgIpc) is 3.06. The highest BCUT2D eigenvalue weighted by Crippen LogP contribution is 2.08. The molecule has 0 aliphatic carbocycles. The van der Waals surface area contributed by atoms with E-state index >= 15 is 0 Å². The first-order chi connectivity index (χ1) is 24.2. The third-order valence-electron chi connectivity index (χ3n) is 6.05. The van der Waals surface area contributed by atoms with E-state index in [1.54, 1.807) is 7.05 Å². The van der Waals surface area contributed by atoms with Crippen LogP contribution in [0, 0.1) is 0 Å². The molecule has 0 aliphatic heterocycles. The molecule has 16 nitrogen and oxygen atoms in total. The summed E-state index contributed by atoms with van der Waals surface area (Å²) >= 11 is 0. The van der Waals surface area contributed by atoms with Gasteiger partial charge < -0.3 is 71.4 Å². The van der Waals surface area contributed by atoms with Gasteiger partial charge in [-0.05, 0) is 34.9 Å². The van der Waals surface area contributed by atoms with Gasteiger partial charge in [-0.3, -0.25) is 0 Å². The molecule has 0 fully saturated rings. The third kappa shape index (κ3) is 41.2. The molecule has 0 radical (unpaired) electrons. The Bertz CT molecular complexity index is 703. The van der Waals surface area contributed by atoms with Crippen molar-refractivity contribution in [2.45, 2.75) is 26.4 Å². The number of carbonyl (C=O) groups is 1. The van der Waals surface area contributed by atoms with Gasteiger partial charge in [0.15, 0.2) is 0 Å². The van der Waals surface area contributed by atoms with Crippen LogP contribution in [0.15, 0.2) is 0 Å². The Kier molecular flexibility index (Phi) is 36.6. The van der Waals surface area contributed by atoms with Crippen LogP contribution in [0.25, 0.3) is 0 Å². The number of nitrogens with zero attached hydrogens (tertiary/aromatic N) is 2. The lowest BCUT2D eigenvalue weighted by atomic mass is 10.2. The number of carbonyl (C=O) groups excluding carboxylic acids is 1. The maximum atomic E-state index is 11.9. The molecule has 0 spiro atoms. The number of likely N-dealkylation sites (N-methyl/N-ethyl adjacent to an activating group) is 2. The van der Waals surface area contributed by atoms with E-state index in [0.29, 0.717) is 165 Å². The molecule has 0 bridgehead atoms. The van der Waals surface area contributed by atoms with Crippen molar-refractivity contribution in [3.8, 4) is 0 Å². The maximum Gasteiger partial charge on any atom is 0.410 e. The predicted octanol–water partition coefficient (Wildman–Crippen LogP) is 1.61. The summed E-state index contributed by atoms with van der Waals surface area (Å²) in [5.74, 6) is 0. The van der Waals surface area contributed by atoms with Crippen molar-refractivity contribution < 1.29 is 66.4 Å². The highest BCUT2D eigenvalue weighted by molar-refractivity contribution is 5.67. The van der Waals surface area contributed by atoms with Gasteiger partial charge in [0.2, 0.25) is 0 Å². The summed E-state index contributed by atoms with van der Waals surface area (Å²) in [7, 11) is 5.72. The minimum atomic E-state index is -0.511. The molecule has 0 N–H and O–H groups in total. The van der Waals surface area contributed by atoms with E-state index in [9.17, 15) is 4.79 Å². The molecule has 16 heteroatoms. The van der Waals surface area contributed by atoms with Gasteiger partial charge in [-0.15, -0.1) is 0 Å². The van der Waals surface area contributed by atoms with Crippen LogP contribution in [0.5, 0.6) is 0 Å². The van der Waals surface area contributed by atoms with Crippen LogP contribution in [0.2, 0.25) is 0 Å². The zero-order valence-electron chi connectivity index (χ0n) is 32.0. The Morgan fingerprint density at radius 1 is 0.360 bits per heavy atom. The van der Waals surface area contributed by atoms with Crippen LogP contribution in [-0.4, -0.2) is 214 Å². The van der Waals surface area contributed by atoms with E-state index in [2.05, 4.69) is 4.90 Å². The van der Waals surface area contributed by atoms with Crippen molar-refractivity contribution in [2.24, 2.45) is 0 Å². The minimum absolute atomic E-state index is 0.364. The van der Waals surface area contributed by atoms with E-state index < -0.39 is 5.60 Å². The van der Waals surface area contributed by atoms with E-state index in [1.165, 1.54) is 4.90 Å². The monoisotopic (exact) mass is 730 g/mol. The van der Waals surface area contributed by atoms with Crippen LogP contribution in [0.1, 0.15) is 20.8 Å². The smallest absolute Gasteiger partial charge is 0.410 e. The van der Waals surface area contributed by atoms with E-state index in [0.717, 1.165) is 6.54 Å². The number of ether oxygens (including phenoxy) is 13. The molecule has 0 saturated carbocycles.